The maximum atomic E-state index is 13.0. The van der Waals surface area contributed by atoms with E-state index in [9.17, 15) is 27.6 Å². The van der Waals surface area contributed by atoms with E-state index in [1.54, 1.807) is 11.0 Å². The van der Waals surface area contributed by atoms with Crippen LogP contribution in [-0.4, -0.2) is 72.1 Å². The van der Waals surface area contributed by atoms with Gasteiger partial charge in [0.25, 0.3) is 11.8 Å². The van der Waals surface area contributed by atoms with Crippen molar-refractivity contribution < 1.29 is 36.7 Å². The average molecular weight is 509 g/mol. The summed E-state index contributed by atoms with van der Waals surface area (Å²) in [5.74, 6) is -1.02. The summed E-state index contributed by atoms with van der Waals surface area (Å²) >= 11 is 0. The van der Waals surface area contributed by atoms with Crippen LogP contribution in [0.1, 0.15) is 47.2 Å². The Labute approximate surface area is 204 Å². The summed E-state index contributed by atoms with van der Waals surface area (Å²) in [4.78, 5) is 44.8. The highest BCUT2D eigenvalue weighted by Crippen LogP contribution is 2.31. The summed E-state index contributed by atoms with van der Waals surface area (Å²) < 4.78 is 49.0. The molecule has 10 nitrogen and oxygen atoms in total. The van der Waals surface area contributed by atoms with Gasteiger partial charge in [0.05, 0.1) is 11.1 Å². The first kappa shape index (κ1) is 25.3. The molecule has 0 aliphatic carbocycles. The topological polar surface area (TPSA) is 117 Å². The molecule has 2 N–H and O–H groups in total. The molecule has 2 aromatic heterocycles. The zero-order valence-electron chi connectivity index (χ0n) is 20.0. The molecule has 2 aromatic rings. The quantitative estimate of drug-likeness (QED) is 0.636. The normalized spacial score (nSPS) is 17.3. The first-order valence-electron chi connectivity index (χ1n) is 11.3. The fraction of sp³-hybridized carbons (Fsp3) is 0.478. The van der Waals surface area contributed by atoms with E-state index >= 15 is 0 Å². The smallest absolute Gasteiger partial charge is 0.422 e. The standard InChI is InChI=1S/C23H26F3N5O5/c1-13(32)30-6-8-31(9-7-30)17-5-4-15(21(28-17)36-12-23(24,25)26)27-19(33)14-11-35-16-10-22(2,3)29-20(34)18(14)16/h4-5,11H,6-10,12H2,1-3H3,(H,27,33)(H,29,34). The number of halogens is 3. The molecule has 0 radical (unpaired) electrons. The molecule has 3 amide bonds. The molecule has 36 heavy (non-hydrogen) atoms. The number of hydrogen-bond acceptors (Lipinski definition) is 7. The zero-order chi connectivity index (χ0) is 26.3. The number of nitrogens with zero attached hydrogens (tertiary/aromatic N) is 3. The Morgan fingerprint density at radius 2 is 1.92 bits per heavy atom. The summed E-state index contributed by atoms with van der Waals surface area (Å²) in [6, 6.07) is 2.93. The van der Waals surface area contributed by atoms with Crippen molar-refractivity contribution in [3.8, 4) is 5.88 Å². The summed E-state index contributed by atoms with van der Waals surface area (Å²) in [5, 5.41) is 5.28. The van der Waals surface area contributed by atoms with E-state index in [0.717, 1.165) is 6.26 Å². The number of alkyl halides is 3. The number of aromatic nitrogens is 1. The van der Waals surface area contributed by atoms with Crippen molar-refractivity contribution in [2.24, 2.45) is 0 Å². The largest absolute Gasteiger partial charge is 0.468 e. The monoisotopic (exact) mass is 509 g/mol. The van der Waals surface area contributed by atoms with Gasteiger partial charge in [0.2, 0.25) is 11.8 Å². The molecule has 0 saturated carbocycles. The van der Waals surface area contributed by atoms with Gasteiger partial charge in [-0.25, -0.2) is 0 Å². The lowest BCUT2D eigenvalue weighted by Crippen LogP contribution is -2.49. The van der Waals surface area contributed by atoms with Crippen molar-refractivity contribution in [3.63, 3.8) is 0 Å². The van der Waals surface area contributed by atoms with E-state index in [0.29, 0.717) is 44.2 Å². The van der Waals surface area contributed by atoms with Crippen LogP contribution in [0.15, 0.2) is 22.8 Å². The Bertz CT molecular complexity index is 1190. The van der Waals surface area contributed by atoms with E-state index in [-0.39, 0.29) is 22.7 Å². The van der Waals surface area contributed by atoms with Crippen molar-refractivity contribution in [2.75, 3.05) is 43.0 Å². The molecule has 13 heteroatoms. The Morgan fingerprint density at radius 3 is 2.56 bits per heavy atom. The number of nitrogens with one attached hydrogen (secondary N) is 2. The second-order valence-corrected chi connectivity index (χ2v) is 9.34. The lowest BCUT2D eigenvalue weighted by Gasteiger charge is -2.35. The molecule has 0 atom stereocenters. The molecular formula is C23H26F3N5O5. The minimum Gasteiger partial charge on any atom is -0.468 e. The number of carbonyl (C=O) groups excluding carboxylic acids is 3. The van der Waals surface area contributed by atoms with Crippen LogP contribution >= 0.6 is 0 Å². The zero-order valence-corrected chi connectivity index (χ0v) is 20.0. The number of hydrogen-bond donors (Lipinski definition) is 2. The number of piperazine rings is 1. The Kier molecular flexibility index (Phi) is 6.58. The lowest BCUT2D eigenvalue weighted by molar-refractivity contribution is -0.153. The highest BCUT2D eigenvalue weighted by Gasteiger charge is 2.36. The third-order valence-electron chi connectivity index (χ3n) is 5.91. The molecule has 4 heterocycles. The van der Waals surface area contributed by atoms with Crippen molar-refractivity contribution >= 4 is 29.2 Å². The van der Waals surface area contributed by atoms with Crippen molar-refractivity contribution in [3.05, 3.63) is 35.3 Å². The van der Waals surface area contributed by atoms with Crippen molar-refractivity contribution in [2.45, 2.75) is 38.9 Å². The summed E-state index contributed by atoms with van der Waals surface area (Å²) in [6.07, 6.45) is -3.11. The van der Waals surface area contributed by atoms with Crippen LogP contribution in [0.3, 0.4) is 0 Å². The second-order valence-electron chi connectivity index (χ2n) is 9.34. The van der Waals surface area contributed by atoms with E-state index in [1.165, 1.54) is 13.0 Å². The van der Waals surface area contributed by atoms with Gasteiger partial charge in [-0.1, -0.05) is 0 Å². The van der Waals surface area contributed by atoms with Crippen LogP contribution < -0.4 is 20.3 Å². The molecule has 4 rings (SSSR count). The number of pyridine rings is 1. The van der Waals surface area contributed by atoms with Crippen LogP contribution in [0.5, 0.6) is 5.88 Å². The van der Waals surface area contributed by atoms with Crippen LogP contribution in [-0.2, 0) is 11.2 Å². The molecule has 0 bridgehead atoms. The number of furan rings is 1. The highest BCUT2D eigenvalue weighted by atomic mass is 19.4. The predicted molar refractivity (Wildman–Crippen MR) is 122 cm³/mol. The molecule has 194 valence electrons. The lowest BCUT2D eigenvalue weighted by atomic mass is 9.91. The molecule has 0 aromatic carbocycles. The number of amides is 3. The molecule has 1 fully saturated rings. The minimum absolute atomic E-state index is 0.0517. The fourth-order valence-corrected chi connectivity index (χ4v) is 4.16. The first-order valence-corrected chi connectivity index (χ1v) is 11.3. The Morgan fingerprint density at radius 1 is 1.22 bits per heavy atom. The average Bonchev–Trinajstić information content (AvgIpc) is 3.21. The van der Waals surface area contributed by atoms with E-state index < -0.39 is 36.0 Å². The molecule has 0 spiro atoms. The van der Waals surface area contributed by atoms with E-state index in [2.05, 4.69) is 15.6 Å². The molecule has 2 aliphatic rings. The predicted octanol–water partition coefficient (Wildman–Crippen LogP) is 2.60. The molecule has 0 unspecified atom stereocenters. The van der Waals surface area contributed by atoms with Crippen LogP contribution in [0.4, 0.5) is 24.7 Å². The second kappa shape index (κ2) is 9.36. The van der Waals surface area contributed by atoms with Gasteiger partial charge in [-0.15, -0.1) is 0 Å². The summed E-state index contributed by atoms with van der Waals surface area (Å²) in [7, 11) is 0. The van der Waals surface area contributed by atoms with Gasteiger partial charge in [-0.3, -0.25) is 14.4 Å². The number of rotatable bonds is 5. The third-order valence-corrected chi connectivity index (χ3v) is 5.91. The van der Waals surface area contributed by atoms with Crippen molar-refractivity contribution in [1.29, 1.82) is 0 Å². The first-order chi connectivity index (χ1) is 16.8. The summed E-state index contributed by atoms with van der Waals surface area (Å²) in [6.45, 7) is 5.24. The van der Waals surface area contributed by atoms with Crippen LogP contribution in [0, 0.1) is 0 Å². The fourth-order valence-electron chi connectivity index (χ4n) is 4.16. The maximum absolute atomic E-state index is 13.0. The van der Waals surface area contributed by atoms with E-state index in [1.807, 2.05) is 18.7 Å². The van der Waals surface area contributed by atoms with Gasteiger partial charge < -0.3 is 29.6 Å². The Hall–Kier alpha value is -3.77. The number of fused-ring (bicyclic) bond motifs is 1. The molecule has 2 aliphatic heterocycles. The van der Waals surface area contributed by atoms with Crippen LogP contribution in [0.25, 0.3) is 0 Å². The van der Waals surface area contributed by atoms with Gasteiger partial charge in [-0.05, 0) is 26.0 Å². The number of anilines is 2. The highest BCUT2D eigenvalue weighted by molar-refractivity contribution is 6.13. The molecule has 1 saturated heterocycles. The van der Waals surface area contributed by atoms with Crippen LogP contribution in [0.2, 0.25) is 0 Å². The van der Waals surface area contributed by atoms with Gasteiger partial charge in [-0.2, -0.15) is 18.2 Å². The maximum Gasteiger partial charge on any atom is 0.422 e. The third kappa shape index (κ3) is 5.55. The SMILES string of the molecule is CC(=O)N1CCN(c2ccc(NC(=O)c3coc4c3C(=O)NC(C)(C)C4)c(OCC(F)(F)F)n2)CC1. The summed E-state index contributed by atoms with van der Waals surface area (Å²) in [5.41, 5.74) is -0.618. The number of ether oxygens (including phenoxy) is 1. The van der Waals surface area contributed by atoms with Gasteiger partial charge in [0.15, 0.2) is 6.61 Å². The van der Waals surface area contributed by atoms with E-state index in [4.69, 9.17) is 9.15 Å². The Balaban J connectivity index is 1.57. The van der Waals surface area contributed by atoms with Crippen molar-refractivity contribution in [1.82, 2.24) is 15.2 Å². The number of carbonyl (C=O) groups is 3. The van der Waals surface area contributed by atoms with Gasteiger partial charge in [0.1, 0.15) is 23.5 Å². The minimum atomic E-state index is -4.62. The van der Waals surface area contributed by atoms with Gasteiger partial charge >= 0.3 is 6.18 Å². The molecular weight excluding hydrogens is 483 g/mol. The van der Waals surface area contributed by atoms with Gasteiger partial charge in [0, 0.05) is 45.1 Å².